The van der Waals surface area contributed by atoms with Crippen molar-refractivity contribution in [3.63, 3.8) is 0 Å². The van der Waals surface area contributed by atoms with E-state index in [0.717, 1.165) is 11.0 Å². The molecule has 0 aliphatic rings. The van der Waals surface area contributed by atoms with Crippen molar-refractivity contribution < 1.29 is 9.90 Å². The third-order valence-electron chi connectivity index (χ3n) is 3.30. The first-order valence-electron chi connectivity index (χ1n) is 6.93. The summed E-state index contributed by atoms with van der Waals surface area (Å²) in [6.45, 7) is 1.42. The van der Waals surface area contributed by atoms with E-state index >= 15 is 0 Å². The summed E-state index contributed by atoms with van der Waals surface area (Å²) in [7, 11) is 0. The fraction of sp³-hybridized carbons (Fsp3) is 0.188. The van der Waals surface area contributed by atoms with Crippen LogP contribution in [0.3, 0.4) is 0 Å². The van der Waals surface area contributed by atoms with Crippen LogP contribution in [0.4, 0.5) is 5.69 Å². The maximum atomic E-state index is 12.2. The summed E-state index contributed by atoms with van der Waals surface area (Å²) < 4.78 is 0. The van der Waals surface area contributed by atoms with Crippen LogP contribution < -0.4 is 5.32 Å². The molecule has 0 fully saturated rings. The number of hydrogen-bond donors (Lipinski definition) is 2. The van der Waals surface area contributed by atoms with Crippen LogP contribution in [-0.4, -0.2) is 31.6 Å². The van der Waals surface area contributed by atoms with Crippen LogP contribution in [0, 0.1) is 0 Å². The topological polar surface area (TPSA) is 80.0 Å². The monoisotopic (exact) mass is 296 g/mol. The number of anilines is 1. The average molecular weight is 296 g/mol. The summed E-state index contributed by atoms with van der Waals surface area (Å²) in [6, 6.07) is 16.4. The zero-order valence-electron chi connectivity index (χ0n) is 12.1. The van der Waals surface area contributed by atoms with Gasteiger partial charge in [-0.25, -0.2) is 0 Å². The Bertz CT molecular complexity index is 763. The number of nitrogens with zero attached hydrogens (tertiary/aromatic N) is 3. The van der Waals surface area contributed by atoms with Gasteiger partial charge in [0.25, 0.3) is 5.91 Å². The molecule has 22 heavy (non-hydrogen) atoms. The molecule has 0 unspecified atom stereocenters. The van der Waals surface area contributed by atoms with Gasteiger partial charge < -0.3 is 10.4 Å². The van der Waals surface area contributed by atoms with Crippen molar-refractivity contribution in [1.29, 1.82) is 0 Å². The molecule has 1 atom stereocenters. The van der Waals surface area contributed by atoms with Crippen LogP contribution in [0.25, 0.3) is 11.0 Å². The quantitative estimate of drug-likeness (QED) is 0.769. The third-order valence-corrected chi connectivity index (χ3v) is 3.30. The molecule has 0 bridgehead atoms. The number of carbonyl (C=O) groups is 1. The standard InChI is InChI=1S/C16H16N4O2/c1-16(22,15(21)17-12-7-3-2-4-8-12)11-20-18-13-9-5-6-10-14(13)19-20/h2-10,22H,11H2,1H3,(H,17,21)/t16-/m0/s1. The maximum Gasteiger partial charge on any atom is 0.258 e. The largest absolute Gasteiger partial charge is 0.378 e. The molecule has 1 amide bonds. The minimum atomic E-state index is -1.62. The Labute approximate surface area is 127 Å². The zero-order chi connectivity index (χ0) is 15.6. The van der Waals surface area contributed by atoms with E-state index < -0.39 is 11.5 Å². The predicted octanol–water partition coefficient (Wildman–Crippen LogP) is 1.82. The smallest absolute Gasteiger partial charge is 0.258 e. The lowest BCUT2D eigenvalue weighted by atomic mass is 10.1. The van der Waals surface area contributed by atoms with E-state index in [1.54, 1.807) is 12.1 Å². The molecule has 0 aliphatic carbocycles. The van der Waals surface area contributed by atoms with E-state index in [2.05, 4.69) is 15.5 Å². The van der Waals surface area contributed by atoms with Crippen LogP contribution in [0.15, 0.2) is 54.6 Å². The number of aromatic nitrogens is 3. The van der Waals surface area contributed by atoms with E-state index in [0.29, 0.717) is 5.69 Å². The van der Waals surface area contributed by atoms with Crippen molar-refractivity contribution in [1.82, 2.24) is 15.0 Å². The zero-order valence-corrected chi connectivity index (χ0v) is 12.1. The molecule has 3 rings (SSSR count). The minimum Gasteiger partial charge on any atom is -0.378 e. The highest BCUT2D eigenvalue weighted by molar-refractivity contribution is 5.96. The van der Waals surface area contributed by atoms with E-state index in [4.69, 9.17) is 0 Å². The average Bonchev–Trinajstić information content (AvgIpc) is 2.89. The van der Waals surface area contributed by atoms with Crippen LogP contribution in [0.5, 0.6) is 0 Å². The Morgan fingerprint density at radius 3 is 2.23 bits per heavy atom. The highest BCUT2D eigenvalue weighted by atomic mass is 16.3. The molecule has 112 valence electrons. The molecule has 0 saturated carbocycles. The summed E-state index contributed by atoms with van der Waals surface area (Å²) >= 11 is 0. The highest BCUT2D eigenvalue weighted by Gasteiger charge is 2.32. The predicted molar refractivity (Wildman–Crippen MR) is 83.2 cm³/mol. The number of nitrogens with one attached hydrogen (secondary N) is 1. The summed E-state index contributed by atoms with van der Waals surface area (Å²) in [5.74, 6) is -0.500. The van der Waals surface area contributed by atoms with Crippen LogP contribution >= 0.6 is 0 Å². The lowest BCUT2D eigenvalue weighted by molar-refractivity contribution is -0.134. The first-order chi connectivity index (χ1) is 10.5. The number of benzene rings is 2. The van der Waals surface area contributed by atoms with E-state index in [1.807, 2.05) is 42.5 Å². The molecule has 3 aromatic rings. The number of fused-ring (bicyclic) bond motifs is 1. The molecule has 2 aromatic carbocycles. The summed E-state index contributed by atoms with van der Waals surface area (Å²) in [6.07, 6.45) is 0. The van der Waals surface area contributed by atoms with Crippen LogP contribution in [-0.2, 0) is 11.3 Å². The second-order valence-electron chi connectivity index (χ2n) is 5.31. The second-order valence-corrected chi connectivity index (χ2v) is 5.31. The number of aliphatic hydroxyl groups is 1. The van der Waals surface area contributed by atoms with Crippen molar-refractivity contribution in [3.05, 3.63) is 54.6 Å². The summed E-state index contributed by atoms with van der Waals surface area (Å²) in [4.78, 5) is 13.6. The lowest BCUT2D eigenvalue weighted by Crippen LogP contribution is -2.44. The molecule has 6 nitrogen and oxygen atoms in total. The summed E-state index contributed by atoms with van der Waals surface area (Å²) in [5.41, 5.74) is 0.458. The Morgan fingerprint density at radius 1 is 1.09 bits per heavy atom. The number of rotatable bonds is 4. The molecule has 0 aliphatic heterocycles. The second kappa shape index (κ2) is 5.57. The molecular formula is C16H16N4O2. The van der Waals surface area contributed by atoms with E-state index in [9.17, 15) is 9.90 Å². The van der Waals surface area contributed by atoms with Gasteiger partial charge >= 0.3 is 0 Å². The molecule has 0 saturated heterocycles. The number of hydrogen-bond acceptors (Lipinski definition) is 4. The molecule has 0 spiro atoms. The highest BCUT2D eigenvalue weighted by Crippen LogP contribution is 2.14. The van der Waals surface area contributed by atoms with Crippen molar-refractivity contribution in [3.8, 4) is 0 Å². The van der Waals surface area contributed by atoms with E-state index in [-0.39, 0.29) is 6.54 Å². The van der Waals surface area contributed by atoms with Gasteiger partial charge in [-0.05, 0) is 31.2 Å². The minimum absolute atomic E-state index is 0.0274. The van der Waals surface area contributed by atoms with Crippen molar-refractivity contribution >= 4 is 22.6 Å². The van der Waals surface area contributed by atoms with Gasteiger partial charge in [0.05, 0.1) is 6.54 Å². The first kappa shape index (κ1) is 14.2. The Balaban J connectivity index is 1.76. The van der Waals surface area contributed by atoms with Gasteiger partial charge in [0.15, 0.2) is 5.60 Å². The fourth-order valence-electron chi connectivity index (χ4n) is 2.11. The van der Waals surface area contributed by atoms with Gasteiger partial charge in [-0.15, -0.1) is 0 Å². The normalized spacial score (nSPS) is 13.7. The molecule has 1 aromatic heterocycles. The molecule has 0 radical (unpaired) electrons. The number of para-hydroxylation sites is 1. The molecule has 1 heterocycles. The summed E-state index contributed by atoms with van der Waals surface area (Å²) in [5, 5.41) is 21.6. The van der Waals surface area contributed by atoms with Crippen molar-refractivity contribution in [2.45, 2.75) is 19.1 Å². The molecule has 2 N–H and O–H groups in total. The number of carbonyl (C=O) groups excluding carboxylic acids is 1. The van der Waals surface area contributed by atoms with Crippen LogP contribution in [0.2, 0.25) is 0 Å². The SMILES string of the molecule is C[C@](O)(Cn1nc2ccccc2n1)C(=O)Nc1ccccc1. The number of amides is 1. The van der Waals surface area contributed by atoms with Gasteiger partial charge in [-0.2, -0.15) is 15.0 Å². The van der Waals surface area contributed by atoms with E-state index in [1.165, 1.54) is 11.7 Å². The van der Waals surface area contributed by atoms with Gasteiger partial charge in [-0.1, -0.05) is 30.3 Å². The lowest BCUT2D eigenvalue weighted by Gasteiger charge is -2.21. The van der Waals surface area contributed by atoms with Gasteiger partial charge in [0, 0.05) is 5.69 Å². The Kier molecular flexibility index (Phi) is 3.60. The Morgan fingerprint density at radius 2 is 1.64 bits per heavy atom. The Hall–Kier alpha value is -2.73. The maximum absolute atomic E-state index is 12.2. The van der Waals surface area contributed by atoms with Gasteiger partial charge in [-0.3, -0.25) is 4.79 Å². The van der Waals surface area contributed by atoms with Gasteiger partial charge in [0.2, 0.25) is 0 Å². The molecule has 6 heteroatoms. The molecular weight excluding hydrogens is 280 g/mol. The van der Waals surface area contributed by atoms with Crippen molar-refractivity contribution in [2.75, 3.05) is 5.32 Å². The van der Waals surface area contributed by atoms with Gasteiger partial charge in [0.1, 0.15) is 11.0 Å². The fourth-order valence-corrected chi connectivity index (χ4v) is 2.11. The van der Waals surface area contributed by atoms with Crippen molar-refractivity contribution in [2.24, 2.45) is 0 Å². The van der Waals surface area contributed by atoms with Crippen LogP contribution in [0.1, 0.15) is 6.92 Å². The first-order valence-corrected chi connectivity index (χ1v) is 6.93. The third kappa shape index (κ3) is 2.96.